The molecule has 2 heterocycles. The Morgan fingerprint density at radius 1 is 1.26 bits per heavy atom. The molecule has 0 bridgehead atoms. The van der Waals surface area contributed by atoms with Gasteiger partial charge >= 0.3 is 0 Å². The van der Waals surface area contributed by atoms with Gasteiger partial charge in [0.25, 0.3) is 17.2 Å². The molecule has 1 unspecified atom stereocenters. The Kier molecular flexibility index (Phi) is 8.27. The summed E-state index contributed by atoms with van der Waals surface area (Å²) in [6.45, 7) is 2.71. The van der Waals surface area contributed by atoms with E-state index in [2.05, 4.69) is 10.2 Å². The number of carbonyl (C=O) groups is 1. The Morgan fingerprint density at radius 2 is 2.03 bits per heavy atom. The third kappa shape index (κ3) is 5.95. The number of likely N-dealkylation sites (tertiary alicyclic amines) is 1. The Hall–Kier alpha value is -2.66. The largest absolute Gasteiger partial charge is 0.483 e. The van der Waals surface area contributed by atoms with Crippen molar-refractivity contribution >= 4 is 28.5 Å². The molecule has 0 radical (unpaired) electrons. The van der Waals surface area contributed by atoms with Gasteiger partial charge in [0.2, 0.25) is 0 Å². The molecule has 0 aromatic heterocycles. The lowest BCUT2D eigenvalue weighted by atomic mass is 10.0. The lowest BCUT2D eigenvalue weighted by Crippen LogP contribution is -2.41. The quantitative estimate of drug-likeness (QED) is 0.452. The summed E-state index contributed by atoms with van der Waals surface area (Å²) >= 11 is -2.14. The van der Waals surface area contributed by atoms with Gasteiger partial charge in [-0.2, -0.15) is 0 Å². The van der Waals surface area contributed by atoms with E-state index in [0.29, 0.717) is 24.5 Å². The number of nitrogens with one attached hydrogen (secondary N) is 1. The summed E-state index contributed by atoms with van der Waals surface area (Å²) in [5, 5.41) is 13.3. The molecule has 0 saturated carbocycles. The highest BCUT2D eigenvalue weighted by Gasteiger charge is 2.29. The van der Waals surface area contributed by atoms with E-state index in [0.717, 1.165) is 49.2 Å². The molecule has 190 valence electrons. The minimum atomic E-state index is -2.14. The van der Waals surface area contributed by atoms with Gasteiger partial charge < -0.3 is 20.1 Å². The Labute approximate surface area is 209 Å². The number of amides is 1. The second-order valence-corrected chi connectivity index (χ2v) is 10.1. The maximum absolute atomic E-state index is 13.2. The lowest BCUT2D eigenvalue weighted by molar-refractivity contribution is -0.134. The van der Waals surface area contributed by atoms with E-state index in [1.165, 1.54) is 4.31 Å². The zero-order valence-corrected chi connectivity index (χ0v) is 21.0. The molecule has 10 heteroatoms. The van der Waals surface area contributed by atoms with Crippen LogP contribution in [-0.4, -0.2) is 82.6 Å². The summed E-state index contributed by atoms with van der Waals surface area (Å²) in [6, 6.07) is 13.3. The number of anilines is 2. The molecule has 1 amide bonds. The Balaban J connectivity index is 1.49. The molecule has 35 heavy (non-hydrogen) atoms. The summed E-state index contributed by atoms with van der Waals surface area (Å²) in [6.07, 6.45) is 2.09. The van der Waals surface area contributed by atoms with Crippen LogP contribution in [0.5, 0.6) is 5.75 Å². The van der Waals surface area contributed by atoms with Crippen molar-refractivity contribution in [1.29, 1.82) is 0 Å². The molecular formula is C25H34N4O5S. The number of benzene rings is 2. The standard InChI is InChI=1S/C25H34N4O5S/c1-27(22(18-7-4-3-5-8-18)16-29-14-12-19(30)15-29)24(31)17-34-23-11-10-21(28(2)35(32)33)25-20(23)9-6-13-26-25/h3-5,7-8,10-11,19,22,26,30H,6,9,12-17H2,1-2H3,(H,32,33)/t19-,22+/m0/s1. The van der Waals surface area contributed by atoms with E-state index in [4.69, 9.17) is 4.74 Å². The summed E-state index contributed by atoms with van der Waals surface area (Å²) in [5.74, 6) is 0.461. The van der Waals surface area contributed by atoms with Gasteiger partial charge in [0, 0.05) is 45.8 Å². The molecule has 2 aromatic rings. The molecule has 1 saturated heterocycles. The van der Waals surface area contributed by atoms with Crippen LogP contribution in [0.2, 0.25) is 0 Å². The molecule has 4 rings (SSSR count). The highest BCUT2D eigenvalue weighted by atomic mass is 32.2. The van der Waals surface area contributed by atoms with E-state index in [9.17, 15) is 18.7 Å². The average molecular weight is 503 g/mol. The van der Waals surface area contributed by atoms with E-state index in [-0.39, 0.29) is 24.7 Å². The van der Waals surface area contributed by atoms with Crippen LogP contribution in [0, 0.1) is 0 Å². The summed E-state index contributed by atoms with van der Waals surface area (Å²) < 4.78 is 28.4. The number of carbonyl (C=O) groups excluding carboxylic acids is 1. The number of hydrogen-bond donors (Lipinski definition) is 3. The van der Waals surface area contributed by atoms with E-state index < -0.39 is 11.3 Å². The van der Waals surface area contributed by atoms with Crippen LogP contribution in [0.1, 0.15) is 30.0 Å². The third-order valence-corrected chi connectivity index (χ3v) is 7.47. The van der Waals surface area contributed by atoms with Crippen molar-refractivity contribution in [1.82, 2.24) is 9.80 Å². The molecule has 2 aliphatic heterocycles. The van der Waals surface area contributed by atoms with E-state index in [1.54, 1.807) is 31.1 Å². The topological polar surface area (TPSA) is 106 Å². The first kappa shape index (κ1) is 25.4. The van der Waals surface area contributed by atoms with Crippen LogP contribution in [0.3, 0.4) is 0 Å². The van der Waals surface area contributed by atoms with Crippen LogP contribution in [-0.2, 0) is 22.5 Å². The van der Waals surface area contributed by atoms with Gasteiger partial charge in [-0.25, -0.2) is 4.21 Å². The molecule has 0 spiro atoms. The fraction of sp³-hybridized carbons (Fsp3) is 0.480. The van der Waals surface area contributed by atoms with Gasteiger partial charge in [-0.05, 0) is 37.0 Å². The number of aliphatic hydroxyl groups excluding tert-OH is 1. The van der Waals surface area contributed by atoms with Gasteiger partial charge in [-0.15, -0.1) is 0 Å². The number of ether oxygens (including phenoxy) is 1. The summed E-state index contributed by atoms with van der Waals surface area (Å²) in [5.41, 5.74) is 3.34. The lowest BCUT2D eigenvalue weighted by Gasteiger charge is -2.32. The minimum absolute atomic E-state index is 0.115. The van der Waals surface area contributed by atoms with Gasteiger partial charge in [-0.3, -0.25) is 18.6 Å². The second kappa shape index (κ2) is 11.4. The molecule has 0 aliphatic carbocycles. The van der Waals surface area contributed by atoms with Crippen molar-refractivity contribution in [2.75, 3.05) is 56.5 Å². The number of nitrogens with zero attached hydrogens (tertiary/aromatic N) is 3. The van der Waals surface area contributed by atoms with Crippen LogP contribution in [0.25, 0.3) is 0 Å². The van der Waals surface area contributed by atoms with Crippen LogP contribution < -0.4 is 14.4 Å². The highest BCUT2D eigenvalue weighted by Crippen LogP contribution is 2.39. The summed E-state index contributed by atoms with van der Waals surface area (Å²) in [4.78, 5) is 17.2. The zero-order valence-electron chi connectivity index (χ0n) is 20.2. The van der Waals surface area contributed by atoms with Gasteiger partial charge in [0.15, 0.2) is 6.61 Å². The fourth-order valence-electron chi connectivity index (χ4n) is 4.79. The number of fused-ring (bicyclic) bond motifs is 1. The fourth-order valence-corrected chi connectivity index (χ4v) is 5.11. The molecule has 2 aromatic carbocycles. The first-order chi connectivity index (χ1) is 16.8. The van der Waals surface area contributed by atoms with Crippen LogP contribution in [0.4, 0.5) is 11.4 Å². The predicted octanol–water partition coefficient (Wildman–Crippen LogP) is 2.26. The molecule has 3 atom stereocenters. The first-order valence-corrected chi connectivity index (χ1v) is 13.0. The first-order valence-electron chi connectivity index (χ1n) is 11.9. The zero-order chi connectivity index (χ0) is 24.9. The summed E-state index contributed by atoms with van der Waals surface area (Å²) in [7, 11) is 3.35. The van der Waals surface area contributed by atoms with Crippen molar-refractivity contribution in [3.63, 3.8) is 0 Å². The maximum Gasteiger partial charge on any atom is 0.261 e. The number of rotatable bonds is 9. The Morgan fingerprint density at radius 3 is 2.71 bits per heavy atom. The second-order valence-electron chi connectivity index (χ2n) is 9.12. The van der Waals surface area contributed by atoms with E-state index in [1.807, 2.05) is 30.3 Å². The average Bonchev–Trinajstić information content (AvgIpc) is 3.29. The number of hydrogen-bond acceptors (Lipinski definition) is 6. The molecule has 2 aliphatic rings. The number of aliphatic hydroxyl groups is 1. The predicted molar refractivity (Wildman–Crippen MR) is 137 cm³/mol. The smallest absolute Gasteiger partial charge is 0.261 e. The number of β-amino-alcohol motifs (C(OH)–C–C–N with tert-alkyl or cyclic N) is 1. The van der Waals surface area contributed by atoms with Crippen molar-refractivity contribution in [3.05, 3.63) is 53.6 Å². The molecule has 9 nitrogen and oxygen atoms in total. The van der Waals surface area contributed by atoms with Gasteiger partial charge in [-0.1, -0.05) is 30.3 Å². The maximum atomic E-state index is 13.2. The van der Waals surface area contributed by atoms with Crippen molar-refractivity contribution in [2.24, 2.45) is 0 Å². The van der Waals surface area contributed by atoms with Gasteiger partial charge in [0.05, 0.1) is 23.5 Å². The molecule has 1 fully saturated rings. The molecule has 3 N–H and O–H groups in total. The highest BCUT2D eigenvalue weighted by molar-refractivity contribution is 7.80. The van der Waals surface area contributed by atoms with Crippen molar-refractivity contribution < 1.29 is 23.4 Å². The SMILES string of the molecule is CN(C(=O)COc1ccc(N(C)S(=O)O)c2c1CCCN2)[C@H](CN1CC[C@H](O)C1)c1ccccc1. The van der Waals surface area contributed by atoms with Crippen molar-refractivity contribution in [3.8, 4) is 5.75 Å². The van der Waals surface area contributed by atoms with Crippen LogP contribution in [0.15, 0.2) is 42.5 Å². The Bertz CT molecular complexity index is 1050. The van der Waals surface area contributed by atoms with Crippen LogP contribution >= 0.6 is 0 Å². The normalized spacial score (nSPS) is 19.4. The van der Waals surface area contributed by atoms with E-state index >= 15 is 0 Å². The van der Waals surface area contributed by atoms with Gasteiger partial charge in [0.1, 0.15) is 5.75 Å². The molecular weight excluding hydrogens is 468 g/mol. The monoisotopic (exact) mass is 502 g/mol. The minimum Gasteiger partial charge on any atom is -0.483 e. The van der Waals surface area contributed by atoms with Crippen molar-refractivity contribution in [2.45, 2.75) is 31.4 Å². The third-order valence-electron chi connectivity index (χ3n) is 6.80. The number of likely N-dealkylation sites (N-methyl/N-ethyl adjacent to an activating group) is 1.